The highest BCUT2D eigenvalue weighted by Crippen LogP contribution is 2.38. The number of hydrogen-bond acceptors (Lipinski definition) is 7. The van der Waals surface area contributed by atoms with E-state index in [0.717, 1.165) is 6.07 Å². The standard InChI is InChI=1S/C27H22BrF5N8O2/c1-2-19(42)39-9-7-14-20-15(41(38-14)16-5-6-18(27(31,32)33)35-24(16)34)8-10-40(17(20)11-39)26(43)12-3-4-13(28)22-21(12)36-25(37-22)23(29)30/h2-6,17,23,25H,1,7-11H2,(H2,34,35). The number of hydrogen-bond donors (Lipinski definition) is 1. The maximum atomic E-state index is 14.1. The van der Waals surface area contributed by atoms with Crippen LogP contribution < -0.4 is 16.4 Å². The molecule has 1 aromatic carbocycles. The second kappa shape index (κ2) is 10.5. The topological polar surface area (TPSA) is 122 Å². The number of carbonyl (C=O) groups excluding carboxylic acids is 2. The van der Waals surface area contributed by atoms with Crippen molar-refractivity contribution in [3.63, 3.8) is 0 Å². The Morgan fingerprint density at radius 2 is 1.84 bits per heavy atom. The van der Waals surface area contributed by atoms with Gasteiger partial charge in [0.25, 0.3) is 12.3 Å². The molecule has 16 heteroatoms. The van der Waals surface area contributed by atoms with Gasteiger partial charge in [0, 0.05) is 42.5 Å². The van der Waals surface area contributed by atoms with Crippen LogP contribution in [0, 0.1) is 0 Å². The molecule has 0 saturated carbocycles. The summed E-state index contributed by atoms with van der Waals surface area (Å²) in [5.74, 6) is -1.23. The molecule has 3 aliphatic rings. The number of nitrogen functional groups attached to an aromatic ring is 1. The lowest BCUT2D eigenvalue weighted by Gasteiger charge is -2.37. The van der Waals surface area contributed by atoms with Gasteiger partial charge in [-0.3, -0.25) is 9.59 Å². The Bertz CT molecular complexity index is 1810. The number of alkyl halides is 5. The van der Waals surface area contributed by atoms with Crippen molar-refractivity contribution in [2.75, 3.05) is 25.4 Å². The quantitative estimate of drug-likeness (QED) is 0.340. The third-order valence-corrected chi connectivity index (χ3v) is 8.30. The monoisotopic (exact) mass is 664 g/mol. The Hall–Kier alpha value is -4.21. The van der Waals surface area contributed by atoms with E-state index in [0.29, 0.717) is 27.8 Å². The molecule has 0 radical (unpaired) electrons. The van der Waals surface area contributed by atoms with Crippen molar-refractivity contribution in [1.29, 1.82) is 0 Å². The number of halogens is 6. The molecule has 0 fully saturated rings. The van der Waals surface area contributed by atoms with Crippen LogP contribution >= 0.6 is 15.9 Å². The van der Waals surface area contributed by atoms with Crippen molar-refractivity contribution < 1.29 is 31.5 Å². The molecule has 2 aromatic heterocycles. The fraction of sp³-hybridized carbons (Fsp3) is 0.333. The largest absolute Gasteiger partial charge is 0.433 e. The number of fused-ring (bicyclic) bond motifs is 1. The Balaban J connectivity index is 1.46. The third kappa shape index (κ3) is 4.86. The zero-order chi connectivity index (χ0) is 30.8. The molecule has 6 rings (SSSR count). The van der Waals surface area contributed by atoms with E-state index < -0.39 is 36.4 Å². The average Bonchev–Trinajstić information content (AvgIpc) is 3.52. The van der Waals surface area contributed by atoms with Crippen molar-refractivity contribution in [3.8, 4) is 5.69 Å². The second-order valence-electron chi connectivity index (χ2n) is 10.1. The normalized spacial score (nSPS) is 19.3. The molecule has 0 saturated heterocycles. The van der Waals surface area contributed by atoms with Gasteiger partial charge in [0.2, 0.25) is 12.1 Å². The van der Waals surface area contributed by atoms with Gasteiger partial charge in [-0.2, -0.15) is 18.3 Å². The minimum Gasteiger partial charge on any atom is -0.382 e. The van der Waals surface area contributed by atoms with Crippen LogP contribution in [0.2, 0.25) is 0 Å². The number of carbonyl (C=O) groups is 2. The van der Waals surface area contributed by atoms with Gasteiger partial charge in [0.1, 0.15) is 22.6 Å². The van der Waals surface area contributed by atoms with Crippen LogP contribution in [0.1, 0.15) is 39.0 Å². The maximum absolute atomic E-state index is 14.1. The first kappa shape index (κ1) is 28.9. The van der Waals surface area contributed by atoms with Crippen LogP contribution in [0.15, 0.2) is 51.4 Å². The van der Waals surface area contributed by atoms with E-state index in [2.05, 4.69) is 42.6 Å². The highest BCUT2D eigenvalue weighted by atomic mass is 79.9. The molecule has 2 unspecified atom stereocenters. The summed E-state index contributed by atoms with van der Waals surface area (Å²) >= 11 is 3.29. The molecular formula is C27H22BrF5N8O2. The lowest BCUT2D eigenvalue weighted by molar-refractivity contribution is -0.141. The summed E-state index contributed by atoms with van der Waals surface area (Å²) in [5, 5.41) is 4.86. The van der Waals surface area contributed by atoms with Crippen LogP contribution in [0.5, 0.6) is 0 Å². The van der Waals surface area contributed by atoms with Gasteiger partial charge in [-0.05, 0) is 46.3 Å². The molecule has 10 nitrogen and oxygen atoms in total. The van der Waals surface area contributed by atoms with Crippen molar-refractivity contribution in [3.05, 3.63) is 80.3 Å². The van der Waals surface area contributed by atoms with E-state index >= 15 is 0 Å². The van der Waals surface area contributed by atoms with E-state index in [-0.39, 0.29) is 59.7 Å². The number of amides is 2. The zero-order valence-corrected chi connectivity index (χ0v) is 23.7. The van der Waals surface area contributed by atoms with Crippen LogP contribution in [-0.2, 0) is 23.8 Å². The molecule has 2 N–H and O–H groups in total. The lowest BCUT2D eigenvalue weighted by Crippen LogP contribution is -2.47. The highest BCUT2D eigenvalue weighted by Gasteiger charge is 2.41. The van der Waals surface area contributed by atoms with Gasteiger partial charge in [0.05, 0.1) is 28.4 Å². The van der Waals surface area contributed by atoms with Crippen molar-refractivity contribution >= 4 is 33.6 Å². The summed E-state index contributed by atoms with van der Waals surface area (Å²) in [7, 11) is 0. The van der Waals surface area contributed by atoms with Crippen molar-refractivity contribution in [2.45, 2.75) is 37.7 Å². The minimum absolute atomic E-state index is 0.0441. The summed E-state index contributed by atoms with van der Waals surface area (Å²) in [4.78, 5) is 41.4. The van der Waals surface area contributed by atoms with E-state index in [1.807, 2.05) is 0 Å². The summed E-state index contributed by atoms with van der Waals surface area (Å²) < 4.78 is 68.5. The van der Waals surface area contributed by atoms with Gasteiger partial charge in [-0.1, -0.05) is 6.58 Å². The summed E-state index contributed by atoms with van der Waals surface area (Å²) in [5.41, 5.74) is 6.84. The summed E-state index contributed by atoms with van der Waals surface area (Å²) in [6, 6.07) is 4.32. The van der Waals surface area contributed by atoms with Gasteiger partial charge in [0.15, 0.2) is 0 Å². The average molecular weight is 665 g/mol. The minimum atomic E-state index is -4.68. The smallest absolute Gasteiger partial charge is 0.382 e. The fourth-order valence-corrected chi connectivity index (χ4v) is 6.13. The maximum Gasteiger partial charge on any atom is 0.433 e. The molecule has 0 bridgehead atoms. The first-order valence-corrected chi connectivity index (χ1v) is 13.9. The third-order valence-electron chi connectivity index (χ3n) is 7.66. The number of benzene rings is 1. The van der Waals surface area contributed by atoms with Crippen LogP contribution in [0.3, 0.4) is 0 Å². The Morgan fingerprint density at radius 1 is 1.09 bits per heavy atom. The first-order chi connectivity index (χ1) is 20.4. The van der Waals surface area contributed by atoms with Crippen LogP contribution in [0.25, 0.3) is 5.69 Å². The number of nitrogens with two attached hydrogens (primary N) is 1. The molecule has 2 atom stereocenters. The molecule has 2 amide bonds. The predicted octanol–water partition coefficient (Wildman–Crippen LogP) is 2.79. The van der Waals surface area contributed by atoms with E-state index in [1.54, 1.807) is 6.07 Å². The molecule has 5 heterocycles. The Labute approximate surface area is 248 Å². The van der Waals surface area contributed by atoms with E-state index in [9.17, 15) is 31.5 Å². The summed E-state index contributed by atoms with van der Waals surface area (Å²) in [6.07, 6.45) is -7.49. The highest BCUT2D eigenvalue weighted by molar-refractivity contribution is 9.10. The van der Waals surface area contributed by atoms with Crippen molar-refractivity contribution in [2.24, 2.45) is 9.98 Å². The zero-order valence-electron chi connectivity index (χ0n) is 22.2. The molecule has 43 heavy (non-hydrogen) atoms. The number of pyridine rings is 1. The van der Waals surface area contributed by atoms with Crippen LogP contribution in [-0.4, -0.2) is 68.6 Å². The first-order valence-electron chi connectivity index (χ1n) is 13.1. The van der Waals surface area contributed by atoms with Gasteiger partial charge in [-0.15, -0.1) is 0 Å². The Kier molecular flexibility index (Phi) is 7.06. The SMILES string of the molecule is C=CC(=O)N1CCc2nn(-c3ccc(C(F)(F)F)nc3N)c3c2C(C1)N(C(=O)c1ccc(Br)c2c1=NC(C(F)F)N=2)CC3. The van der Waals surface area contributed by atoms with E-state index in [4.69, 9.17) is 5.73 Å². The van der Waals surface area contributed by atoms with Crippen molar-refractivity contribution in [1.82, 2.24) is 24.6 Å². The van der Waals surface area contributed by atoms with E-state index in [1.165, 1.54) is 32.7 Å². The molecule has 3 aliphatic heterocycles. The molecule has 0 aliphatic carbocycles. The number of aromatic nitrogens is 3. The molecule has 3 aromatic rings. The molecule has 224 valence electrons. The van der Waals surface area contributed by atoms with Crippen LogP contribution in [0.4, 0.5) is 27.8 Å². The Morgan fingerprint density at radius 3 is 2.51 bits per heavy atom. The number of anilines is 1. The second-order valence-corrected chi connectivity index (χ2v) is 11.0. The molecule has 0 spiro atoms. The number of rotatable bonds is 4. The summed E-state index contributed by atoms with van der Waals surface area (Å²) in [6.45, 7) is 3.99. The fourth-order valence-electron chi connectivity index (χ4n) is 5.71. The van der Waals surface area contributed by atoms with Gasteiger partial charge < -0.3 is 15.5 Å². The lowest BCUT2D eigenvalue weighted by atomic mass is 9.94. The predicted molar refractivity (Wildman–Crippen MR) is 145 cm³/mol. The number of nitrogens with zero attached hydrogens (tertiary/aromatic N) is 7. The molecular weight excluding hydrogens is 643 g/mol. The van der Waals surface area contributed by atoms with Gasteiger partial charge >= 0.3 is 6.18 Å². The van der Waals surface area contributed by atoms with Gasteiger partial charge in [-0.25, -0.2) is 28.4 Å².